The summed E-state index contributed by atoms with van der Waals surface area (Å²) in [5.41, 5.74) is 0. The molecule has 2 aliphatic rings. The van der Waals surface area contributed by atoms with Crippen molar-refractivity contribution in [3.05, 3.63) is 0 Å². The molecule has 0 aromatic heterocycles. The van der Waals surface area contributed by atoms with Crippen LogP contribution in [0.1, 0.15) is 26.2 Å². The molecule has 108 valence electrons. The standard InChI is InChI=1S/C12H23N3O.2ClH/c1-2-11-12(16)14-6-7-15(11)9-10-4-3-5-13-8-10;;/h10-11,13H,2-9H2,1H3,(H,14,16);2*1H. The Kier molecular flexibility index (Phi) is 8.95. The van der Waals surface area contributed by atoms with Crippen LogP contribution in [-0.2, 0) is 4.79 Å². The third-order valence-electron chi connectivity index (χ3n) is 3.72. The number of carbonyl (C=O) groups is 1. The molecule has 2 heterocycles. The largest absolute Gasteiger partial charge is 0.353 e. The molecular formula is C12H25Cl2N3O. The average molecular weight is 298 g/mol. The minimum atomic E-state index is 0. The van der Waals surface area contributed by atoms with Gasteiger partial charge >= 0.3 is 0 Å². The van der Waals surface area contributed by atoms with E-state index < -0.39 is 0 Å². The second-order valence-electron chi connectivity index (χ2n) is 4.92. The van der Waals surface area contributed by atoms with Crippen molar-refractivity contribution in [2.45, 2.75) is 32.2 Å². The summed E-state index contributed by atoms with van der Waals surface area (Å²) in [5.74, 6) is 0.950. The highest BCUT2D eigenvalue weighted by atomic mass is 35.5. The van der Waals surface area contributed by atoms with Crippen LogP contribution in [0.25, 0.3) is 0 Å². The first kappa shape index (κ1) is 18.0. The van der Waals surface area contributed by atoms with Gasteiger partial charge in [-0.15, -0.1) is 24.8 Å². The molecule has 0 spiro atoms. The molecule has 0 bridgehead atoms. The number of halogens is 2. The van der Waals surface area contributed by atoms with Gasteiger partial charge in [0.15, 0.2) is 0 Å². The average Bonchev–Trinajstić information content (AvgIpc) is 2.31. The third-order valence-corrected chi connectivity index (χ3v) is 3.72. The number of carbonyl (C=O) groups excluding carboxylic acids is 1. The van der Waals surface area contributed by atoms with Crippen molar-refractivity contribution in [3.8, 4) is 0 Å². The zero-order valence-electron chi connectivity index (χ0n) is 11.0. The van der Waals surface area contributed by atoms with E-state index in [2.05, 4.69) is 22.5 Å². The highest BCUT2D eigenvalue weighted by Gasteiger charge is 2.29. The Labute approximate surface area is 122 Å². The summed E-state index contributed by atoms with van der Waals surface area (Å²) in [6.45, 7) is 7.29. The van der Waals surface area contributed by atoms with Crippen molar-refractivity contribution in [3.63, 3.8) is 0 Å². The van der Waals surface area contributed by atoms with E-state index in [0.717, 1.165) is 45.1 Å². The van der Waals surface area contributed by atoms with E-state index in [1.54, 1.807) is 0 Å². The summed E-state index contributed by atoms with van der Waals surface area (Å²) >= 11 is 0. The SMILES string of the molecule is CCC1C(=O)NCCN1CC1CCCNC1.Cl.Cl. The first-order chi connectivity index (χ1) is 7.81. The van der Waals surface area contributed by atoms with Gasteiger partial charge in [-0.3, -0.25) is 9.69 Å². The quantitative estimate of drug-likeness (QED) is 0.818. The monoisotopic (exact) mass is 297 g/mol. The van der Waals surface area contributed by atoms with Crippen LogP contribution in [0.3, 0.4) is 0 Å². The molecule has 1 amide bonds. The number of nitrogens with one attached hydrogen (secondary N) is 2. The maximum atomic E-state index is 11.7. The van der Waals surface area contributed by atoms with Crippen molar-refractivity contribution in [2.24, 2.45) is 5.92 Å². The molecule has 2 unspecified atom stereocenters. The van der Waals surface area contributed by atoms with Crippen molar-refractivity contribution < 1.29 is 4.79 Å². The molecule has 0 saturated carbocycles. The molecule has 0 aromatic carbocycles. The van der Waals surface area contributed by atoms with E-state index >= 15 is 0 Å². The number of piperazine rings is 1. The Morgan fingerprint density at radius 1 is 1.33 bits per heavy atom. The smallest absolute Gasteiger partial charge is 0.237 e. The summed E-state index contributed by atoms with van der Waals surface area (Å²) in [7, 11) is 0. The lowest BCUT2D eigenvalue weighted by atomic mass is 9.97. The highest BCUT2D eigenvalue weighted by molar-refractivity contribution is 5.85. The predicted molar refractivity (Wildman–Crippen MR) is 78.8 cm³/mol. The van der Waals surface area contributed by atoms with Crippen molar-refractivity contribution in [1.82, 2.24) is 15.5 Å². The molecule has 2 fully saturated rings. The zero-order chi connectivity index (χ0) is 11.4. The van der Waals surface area contributed by atoms with Crippen LogP contribution in [0.5, 0.6) is 0 Å². The van der Waals surface area contributed by atoms with E-state index in [0.29, 0.717) is 0 Å². The van der Waals surface area contributed by atoms with Gasteiger partial charge in [-0.25, -0.2) is 0 Å². The Balaban J connectivity index is 0.00000144. The number of rotatable bonds is 3. The number of nitrogens with zero attached hydrogens (tertiary/aromatic N) is 1. The molecule has 2 rings (SSSR count). The maximum absolute atomic E-state index is 11.7. The van der Waals surface area contributed by atoms with Crippen LogP contribution in [0.4, 0.5) is 0 Å². The minimum absolute atomic E-state index is 0. The normalized spacial score (nSPS) is 28.8. The fourth-order valence-corrected chi connectivity index (χ4v) is 2.84. The van der Waals surface area contributed by atoms with E-state index in [4.69, 9.17) is 0 Å². The second-order valence-corrected chi connectivity index (χ2v) is 4.92. The third kappa shape index (κ3) is 4.57. The lowest BCUT2D eigenvalue weighted by Gasteiger charge is -2.37. The van der Waals surface area contributed by atoms with Crippen molar-refractivity contribution in [1.29, 1.82) is 0 Å². The Morgan fingerprint density at radius 3 is 2.72 bits per heavy atom. The highest BCUT2D eigenvalue weighted by Crippen LogP contribution is 2.16. The molecule has 6 heteroatoms. The summed E-state index contributed by atoms with van der Waals surface area (Å²) in [4.78, 5) is 14.1. The van der Waals surface area contributed by atoms with Gasteiger partial charge in [-0.05, 0) is 38.3 Å². The molecule has 0 radical (unpaired) electrons. The molecule has 2 N–H and O–H groups in total. The fourth-order valence-electron chi connectivity index (χ4n) is 2.84. The molecule has 2 atom stereocenters. The van der Waals surface area contributed by atoms with Crippen LogP contribution in [0, 0.1) is 5.92 Å². The molecule has 4 nitrogen and oxygen atoms in total. The Hall–Kier alpha value is -0.0300. The lowest BCUT2D eigenvalue weighted by Crippen LogP contribution is -2.56. The van der Waals surface area contributed by atoms with Gasteiger partial charge in [0.25, 0.3) is 0 Å². The lowest BCUT2D eigenvalue weighted by molar-refractivity contribution is -0.129. The van der Waals surface area contributed by atoms with Gasteiger partial charge in [0.1, 0.15) is 0 Å². The van der Waals surface area contributed by atoms with Crippen LogP contribution < -0.4 is 10.6 Å². The minimum Gasteiger partial charge on any atom is -0.353 e. The summed E-state index contributed by atoms with van der Waals surface area (Å²) < 4.78 is 0. The van der Waals surface area contributed by atoms with Gasteiger partial charge < -0.3 is 10.6 Å². The van der Waals surface area contributed by atoms with Crippen molar-refractivity contribution in [2.75, 3.05) is 32.7 Å². The van der Waals surface area contributed by atoms with Crippen LogP contribution >= 0.6 is 24.8 Å². The number of amides is 1. The zero-order valence-corrected chi connectivity index (χ0v) is 12.6. The van der Waals surface area contributed by atoms with Crippen LogP contribution in [0.15, 0.2) is 0 Å². The number of piperidine rings is 1. The first-order valence-electron chi connectivity index (χ1n) is 6.53. The summed E-state index contributed by atoms with van der Waals surface area (Å²) in [6, 6.07) is 0.107. The Bertz CT molecular complexity index is 247. The van der Waals surface area contributed by atoms with Gasteiger partial charge in [-0.1, -0.05) is 6.92 Å². The van der Waals surface area contributed by atoms with Gasteiger partial charge in [0.2, 0.25) is 5.91 Å². The summed E-state index contributed by atoms with van der Waals surface area (Å²) in [6.07, 6.45) is 3.51. The van der Waals surface area contributed by atoms with Crippen LogP contribution in [-0.4, -0.2) is 49.6 Å². The van der Waals surface area contributed by atoms with E-state index in [9.17, 15) is 4.79 Å². The molecular weight excluding hydrogens is 273 g/mol. The number of hydrogen-bond donors (Lipinski definition) is 2. The van der Waals surface area contributed by atoms with E-state index in [1.807, 2.05) is 0 Å². The second kappa shape index (κ2) is 8.97. The topological polar surface area (TPSA) is 44.4 Å². The maximum Gasteiger partial charge on any atom is 0.237 e. The molecule has 0 aliphatic carbocycles. The summed E-state index contributed by atoms with van der Waals surface area (Å²) in [5, 5.41) is 6.40. The molecule has 2 aliphatic heterocycles. The van der Waals surface area contributed by atoms with Crippen molar-refractivity contribution >= 4 is 30.7 Å². The predicted octanol–water partition coefficient (Wildman–Crippen LogP) is 1.04. The molecule has 0 aromatic rings. The molecule has 2 saturated heterocycles. The van der Waals surface area contributed by atoms with E-state index in [-0.39, 0.29) is 36.8 Å². The van der Waals surface area contributed by atoms with Crippen LogP contribution in [0.2, 0.25) is 0 Å². The van der Waals surface area contributed by atoms with Gasteiger partial charge in [-0.2, -0.15) is 0 Å². The first-order valence-corrected chi connectivity index (χ1v) is 6.53. The van der Waals surface area contributed by atoms with E-state index in [1.165, 1.54) is 12.8 Å². The van der Waals surface area contributed by atoms with Gasteiger partial charge in [0.05, 0.1) is 6.04 Å². The number of hydrogen-bond acceptors (Lipinski definition) is 3. The molecule has 18 heavy (non-hydrogen) atoms. The van der Waals surface area contributed by atoms with Gasteiger partial charge in [0, 0.05) is 19.6 Å². The Morgan fingerprint density at radius 2 is 2.11 bits per heavy atom. The fraction of sp³-hybridized carbons (Fsp3) is 0.917.